The average molecular weight is 323 g/mol. The van der Waals surface area contributed by atoms with Gasteiger partial charge in [0.05, 0.1) is 5.52 Å². The van der Waals surface area contributed by atoms with Gasteiger partial charge < -0.3 is 4.90 Å². The summed E-state index contributed by atoms with van der Waals surface area (Å²) in [5.41, 5.74) is 2.74. The van der Waals surface area contributed by atoms with Crippen LogP contribution in [0.1, 0.15) is 35.8 Å². The summed E-state index contributed by atoms with van der Waals surface area (Å²) in [5.74, 6) is 0.684. The molecule has 0 radical (unpaired) electrons. The molecule has 2 aromatic rings. The van der Waals surface area contributed by atoms with Crippen molar-refractivity contribution in [1.82, 2.24) is 14.8 Å². The number of rotatable bonds is 2. The van der Waals surface area contributed by atoms with Crippen molar-refractivity contribution in [2.45, 2.75) is 32.7 Å². The van der Waals surface area contributed by atoms with Gasteiger partial charge in [-0.3, -0.25) is 14.7 Å². The molecule has 4 rings (SSSR count). The molecule has 126 valence electrons. The maximum atomic E-state index is 13.0. The van der Waals surface area contributed by atoms with Gasteiger partial charge in [-0.1, -0.05) is 13.0 Å². The summed E-state index contributed by atoms with van der Waals surface area (Å²) in [4.78, 5) is 22.1. The molecule has 1 saturated heterocycles. The van der Waals surface area contributed by atoms with Gasteiger partial charge in [0.2, 0.25) is 0 Å². The van der Waals surface area contributed by atoms with Crippen LogP contribution in [-0.4, -0.2) is 52.9 Å². The molecular weight excluding hydrogens is 298 g/mol. The van der Waals surface area contributed by atoms with Crippen LogP contribution in [0.25, 0.3) is 10.9 Å². The van der Waals surface area contributed by atoms with Crippen LogP contribution in [0, 0.1) is 12.8 Å². The number of nitrogens with zero attached hydrogens (tertiary/aromatic N) is 3. The minimum Gasteiger partial charge on any atom is -0.337 e. The molecule has 4 nitrogen and oxygen atoms in total. The second-order valence-electron chi connectivity index (χ2n) is 7.44. The Morgan fingerprint density at radius 3 is 2.75 bits per heavy atom. The van der Waals surface area contributed by atoms with Crippen LogP contribution in [0.4, 0.5) is 0 Å². The highest BCUT2D eigenvalue weighted by Gasteiger charge is 2.33. The van der Waals surface area contributed by atoms with Crippen molar-refractivity contribution < 1.29 is 4.79 Å². The van der Waals surface area contributed by atoms with Crippen LogP contribution < -0.4 is 0 Å². The minimum absolute atomic E-state index is 0.155. The van der Waals surface area contributed by atoms with E-state index in [4.69, 9.17) is 0 Å². The molecule has 1 saturated carbocycles. The minimum atomic E-state index is 0.155. The molecule has 1 aromatic heterocycles. The topological polar surface area (TPSA) is 36.4 Å². The highest BCUT2D eigenvalue weighted by molar-refractivity contribution is 5.98. The van der Waals surface area contributed by atoms with Crippen molar-refractivity contribution in [1.29, 1.82) is 0 Å². The van der Waals surface area contributed by atoms with Crippen molar-refractivity contribution in [3.63, 3.8) is 0 Å². The molecule has 1 amide bonds. The number of fused-ring (bicyclic) bond motifs is 1. The first kappa shape index (κ1) is 15.6. The van der Waals surface area contributed by atoms with Crippen molar-refractivity contribution in [2.24, 2.45) is 5.92 Å². The van der Waals surface area contributed by atoms with Crippen LogP contribution in [0.5, 0.6) is 0 Å². The molecule has 4 heteroatoms. The molecule has 0 bridgehead atoms. The maximum absolute atomic E-state index is 13.0. The fourth-order valence-electron chi connectivity index (χ4n) is 3.76. The Bertz CT molecular complexity index is 769. The monoisotopic (exact) mass is 323 g/mol. The molecule has 2 heterocycles. The Morgan fingerprint density at radius 2 is 1.96 bits per heavy atom. The second-order valence-corrected chi connectivity index (χ2v) is 7.44. The molecule has 0 spiro atoms. The van der Waals surface area contributed by atoms with Crippen LogP contribution in [0.2, 0.25) is 0 Å². The Balaban J connectivity index is 1.54. The number of carbonyl (C=O) groups excluding carboxylic acids is 1. The van der Waals surface area contributed by atoms with Gasteiger partial charge in [-0.25, -0.2) is 0 Å². The van der Waals surface area contributed by atoms with E-state index in [2.05, 4.69) is 16.8 Å². The number of amides is 1. The van der Waals surface area contributed by atoms with E-state index in [1.54, 1.807) is 0 Å². The van der Waals surface area contributed by atoms with E-state index in [9.17, 15) is 4.79 Å². The maximum Gasteiger partial charge on any atom is 0.253 e. The van der Waals surface area contributed by atoms with Gasteiger partial charge in [-0.05, 0) is 49.9 Å². The van der Waals surface area contributed by atoms with Gasteiger partial charge in [0, 0.05) is 48.9 Å². The quantitative estimate of drug-likeness (QED) is 0.852. The molecule has 2 fully saturated rings. The smallest absolute Gasteiger partial charge is 0.253 e. The van der Waals surface area contributed by atoms with E-state index in [-0.39, 0.29) is 5.91 Å². The highest BCUT2D eigenvalue weighted by Crippen LogP contribution is 2.28. The van der Waals surface area contributed by atoms with Crippen LogP contribution in [0.15, 0.2) is 30.3 Å². The Labute approximate surface area is 143 Å². The number of aromatic nitrogens is 1. The third kappa shape index (κ3) is 3.16. The van der Waals surface area contributed by atoms with E-state index >= 15 is 0 Å². The normalized spacial score (nSPS) is 22.6. The van der Waals surface area contributed by atoms with Crippen molar-refractivity contribution >= 4 is 16.8 Å². The van der Waals surface area contributed by atoms with Crippen LogP contribution >= 0.6 is 0 Å². The van der Waals surface area contributed by atoms with E-state index in [1.165, 1.54) is 12.8 Å². The number of benzene rings is 1. The first-order valence-electron chi connectivity index (χ1n) is 9.01. The van der Waals surface area contributed by atoms with Crippen LogP contribution in [0.3, 0.4) is 0 Å². The lowest BCUT2D eigenvalue weighted by Gasteiger charge is -2.22. The molecule has 24 heavy (non-hydrogen) atoms. The first-order chi connectivity index (χ1) is 11.6. The summed E-state index contributed by atoms with van der Waals surface area (Å²) in [6, 6.07) is 10.7. The average Bonchev–Trinajstić information content (AvgIpc) is 3.40. The summed E-state index contributed by atoms with van der Waals surface area (Å²) < 4.78 is 0. The number of carbonyl (C=O) groups is 1. The van der Waals surface area contributed by atoms with Crippen molar-refractivity contribution in [2.75, 3.05) is 26.2 Å². The molecule has 1 aromatic carbocycles. The fourth-order valence-corrected chi connectivity index (χ4v) is 3.76. The summed E-state index contributed by atoms with van der Waals surface area (Å²) in [6.07, 6.45) is 2.66. The summed E-state index contributed by atoms with van der Waals surface area (Å²) in [5, 5.41) is 1.04. The largest absolute Gasteiger partial charge is 0.337 e. The van der Waals surface area contributed by atoms with E-state index in [0.29, 0.717) is 5.92 Å². The third-order valence-corrected chi connectivity index (χ3v) is 5.16. The Morgan fingerprint density at radius 1 is 1.12 bits per heavy atom. The molecular formula is C20H25N3O. The summed E-state index contributed by atoms with van der Waals surface area (Å²) in [7, 11) is 0. The van der Waals surface area contributed by atoms with Gasteiger partial charge in [0.1, 0.15) is 0 Å². The lowest BCUT2D eigenvalue weighted by Crippen LogP contribution is -2.36. The third-order valence-electron chi connectivity index (χ3n) is 5.16. The Kier molecular flexibility index (Phi) is 4.01. The van der Waals surface area contributed by atoms with Gasteiger partial charge >= 0.3 is 0 Å². The number of hydrogen-bond acceptors (Lipinski definition) is 3. The zero-order valence-corrected chi connectivity index (χ0v) is 14.5. The number of aryl methyl sites for hydroxylation is 1. The van der Waals surface area contributed by atoms with Gasteiger partial charge in [-0.2, -0.15) is 0 Å². The predicted molar refractivity (Wildman–Crippen MR) is 96.1 cm³/mol. The zero-order chi connectivity index (χ0) is 16.7. The lowest BCUT2D eigenvalue weighted by molar-refractivity contribution is 0.0749. The van der Waals surface area contributed by atoms with E-state index < -0.39 is 0 Å². The van der Waals surface area contributed by atoms with Gasteiger partial charge in [0.25, 0.3) is 5.91 Å². The molecule has 1 unspecified atom stereocenters. The molecule has 2 aliphatic rings. The standard InChI is InChI=1S/C20H25N3O/c1-14-12-22(18-6-7-18)9-10-23(13-14)20(24)17-5-8-19-16(11-17)4-3-15(2)21-19/h3-5,8,11,14,18H,6-7,9-10,12-13H2,1-2H3. The fraction of sp³-hybridized carbons (Fsp3) is 0.500. The second kappa shape index (κ2) is 6.17. The summed E-state index contributed by atoms with van der Waals surface area (Å²) >= 11 is 0. The molecule has 1 aliphatic heterocycles. The van der Waals surface area contributed by atoms with E-state index in [1.807, 2.05) is 42.2 Å². The van der Waals surface area contributed by atoms with E-state index in [0.717, 1.165) is 54.4 Å². The SMILES string of the molecule is Cc1ccc2cc(C(=O)N3CCN(C4CC4)CC(C)C3)ccc2n1. The number of pyridine rings is 1. The molecule has 1 atom stereocenters. The summed E-state index contributed by atoms with van der Waals surface area (Å²) in [6.45, 7) is 8.07. The molecule has 1 aliphatic carbocycles. The molecule has 0 N–H and O–H groups in total. The van der Waals surface area contributed by atoms with Gasteiger partial charge in [-0.15, -0.1) is 0 Å². The lowest BCUT2D eigenvalue weighted by atomic mass is 10.1. The van der Waals surface area contributed by atoms with Gasteiger partial charge in [0.15, 0.2) is 0 Å². The van der Waals surface area contributed by atoms with Crippen molar-refractivity contribution in [3.8, 4) is 0 Å². The predicted octanol–water partition coefficient (Wildman–Crippen LogP) is 3.10. The van der Waals surface area contributed by atoms with Crippen molar-refractivity contribution in [3.05, 3.63) is 41.6 Å². The highest BCUT2D eigenvalue weighted by atomic mass is 16.2. The Hall–Kier alpha value is -1.94. The first-order valence-corrected chi connectivity index (χ1v) is 9.01. The number of hydrogen-bond donors (Lipinski definition) is 0. The van der Waals surface area contributed by atoms with Crippen LogP contribution in [-0.2, 0) is 0 Å². The zero-order valence-electron chi connectivity index (χ0n) is 14.5.